The molecule has 0 radical (unpaired) electrons. The molecule has 2 heterocycles. The summed E-state index contributed by atoms with van der Waals surface area (Å²) in [6, 6.07) is 52.1. The minimum atomic E-state index is 0.811. The zero-order valence-electron chi connectivity index (χ0n) is 25.9. The highest BCUT2D eigenvalue weighted by atomic mass is 16.3. The Kier molecular flexibility index (Phi) is 6.76. The quantitative estimate of drug-likeness (QED) is 0.174. The Labute approximate surface area is 277 Å². The molecule has 0 aliphatic heterocycles. The first-order valence-corrected chi connectivity index (χ1v) is 15.9. The average molecular weight is 617 g/mol. The van der Waals surface area contributed by atoms with Gasteiger partial charge in [-0.1, -0.05) is 127 Å². The van der Waals surface area contributed by atoms with Crippen LogP contribution in [0.1, 0.15) is 0 Å². The van der Waals surface area contributed by atoms with Crippen LogP contribution in [0.2, 0.25) is 0 Å². The normalized spacial score (nSPS) is 11.3. The van der Waals surface area contributed by atoms with Gasteiger partial charge in [-0.15, -0.1) is 0 Å². The van der Waals surface area contributed by atoms with Crippen molar-refractivity contribution in [2.45, 2.75) is 0 Å². The molecule has 0 aliphatic carbocycles. The molecule has 4 heteroatoms. The molecule has 9 rings (SSSR count). The lowest BCUT2D eigenvalue weighted by molar-refractivity contribution is 0.558. The van der Waals surface area contributed by atoms with Gasteiger partial charge in [0.25, 0.3) is 0 Å². The van der Waals surface area contributed by atoms with Crippen molar-refractivity contribution < 1.29 is 8.83 Å². The van der Waals surface area contributed by atoms with Gasteiger partial charge in [0.2, 0.25) is 0 Å². The summed E-state index contributed by atoms with van der Waals surface area (Å²) in [5.74, 6) is 0. The van der Waals surface area contributed by atoms with Gasteiger partial charge in [0.15, 0.2) is 12.8 Å². The SMILES string of the molecule is c1ccc(-c2ccc(-c3ccc4c(-c5cccc(-c6cocn6)c5)c5ccccc5c(-c5cccc(-c6cocn6)c5)c4c3)cc2)cc1. The number of hydrogen-bond acceptors (Lipinski definition) is 4. The molecule has 0 aliphatic rings. The Balaban J connectivity index is 1.30. The molecule has 0 unspecified atom stereocenters. The van der Waals surface area contributed by atoms with Crippen LogP contribution in [0.5, 0.6) is 0 Å². The van der Waals surface area contributed by atoms with Crippen LogP contribution in [0.25, 0.3) is 88.6 Å². The van der Waals surface area contributed by atoms with E-state index in [1.807, 2.05) is 0 Å². The Morgan fingerprint density at radius 1 is 0.312 bits per heavy atom. The third-order valence-electron chi connectivity index (χ3n) is 9.11. The monoisotopic (exact) mass is 616 g/mol. The maximum Gasteiger partial charge on any atom is 0.181 e. The predicted molar refractivity (Wildman–Crippen MR) is 194 cm³/mol. The van der Waals surface area contributed by atoms with Gasteiger partial charge in [0.1, 0.15) is 23.9 Å². The molecule has 48 heavy (non-hydrogen) atoms. The van der Waals surface area contributed by atoms with Crippen molar-refractivity contribution in [3.05, 3.63) is 171 Å². The second kappa shape index (κ2) is 11.7. The van der Waals surface area contributed by atoms with E-state index in [0.717, 1.165) is 39.2 Å². The molecular weight excluding hydrogens is 588 g/mol. The summed E-state index contributed by atoms with van der Waals surface area (Å²) in [5.41, 5.74) is 13.0. The van der Waals surface area contributed by atoms with Crippen molar-refractivity contribution in [2.24, 2.45) is 0 Å². The van der Waals surface area contributed by atoms with Gasteiger partial charge >= 0.3 is 0 Å². The summed E-state index contributed by atoms with van der Waals surface area (Å²) in [6.07, 6.45) is 6.33. The highest BCUT2D eigenvalue weighted by Crippen LogP contribution is 2.46. The number of nitrogens with zero attached hydrogens (tertiary/aromatic N) is 2. The number of fused-ring (bicyclic) bond motifs is 2. The molecule has 0 N–H and O–H groups in total. The van der Waals surface area contributed by atoms with Crippen molar-refractivity contribution in [1.29, 1.82) is 0 Å². The van der Waals surface area contributed by atoms with E-state index >= 15 is 0 Å². The first-order chi connectivity index (χ1) is 23.8. The zero-order chi connectivity index (χ0) is 31.9. The van der Waals surface area contributed by atoms with Crippen molar-refractivity contribution >= 4 is 21.5 Å². The van der Waals surface area contributed by atoms with Crippen LogP contribution in [0, 0.1) is 0 Å². The molecule has 7 aromatic carbocycles. The number of rotatable bonds is 6. The Hall–Kier alpha value is -6.52. The van der Waals surface area contributed by atoms with Crippen molar-refractivity contribution in [3.63, 3.8) is 0 Å². The molecule has 0 saturated carbocycles. The average Bonchev–Trinajstić information content (AvgIpc) is 3.90. The fourth-order valence-electron chi connectivity index (χ4n) is 6.84. The lowest BCUT2D eigenvalue weighted by Gasteiger charge is -2.19. The van der Waals surface area contributed by atoms with Crippen LogP contribution in [0.15, 0.2) is 180 Å². The number of hydrogen-bond donors (Lipinski definition) is 0. The van der Waals surface area contributed by atoms with Crippen LogP contribution >= 0.6 is 0 Å². The minimum Gasteiger partial charge on any atom is -0.451 e. The van der Waals surface area contributed by atoms with Crippen molar-refractivity contribution in [3.8, 4) is 67.0 Å². The summed E-state index contributed by atoms with van der Waals surface area (Å²) in [4.78, 5) is 8.85. The van der Waals surface area contributed by atoms with Gasteiger partial charge in [0.05, 0.1) is 0 Å². The van der Waals surface area contributed by atoms with E-state index in [-0.39, 0.29) is 0 Å². The maximum atomic E-state index is 5.34. The van der Waals surface area contributed by atoms with Gasteiger partial charge in [-0.25, -0.2) is 9.97 Å². The van der Waals surface area contributed by atoms with Crippen LogP contribution in [0.4, 0.5) is 0 Å². The van der Waals surface area contributed by atoms with E-state index in [9.17, 15) is 0 Å². The third-order valence-corrected chi connectivity index (χ3v) is 9.11. The smallest absolute Gasteiger partial charge is 0.181 e. The van der Waals surface area contributed by atoms with Gasteiger partial charge in [0, 0.05) is 11.1 Å². The second-order valence-electron chi connectivity index (χ2n) is 11.9. The molecule has 4 nitrogen and oxygen atoms in total. The summed E-state index contributed by atoms with van der Waals surface area (Å²) in [7, 11) is 0. The van der Waals surface area contributed by atoms with E-state index in [1.165, 1.54) is 62.1 Å². The zero-order valence-corrected chi connectivity index (χ0v) is 25.9. The van der Waals surface area contributed by atoms with E-state index < -0.39 is 0 Å². The first-order valence-electron chi connectivity index (χ1n) is 15.9. The number of oxazole rings is 2. The molecule has 0 amide bonds. The fraction of sp³-hybridized carbons (Fsp3) is 0. The molecule has 0 bridgehead atoms. The molecule has 226 valence electrons. The largest absolute Gasteiger partial charge is 0.451 e. The van der Waals surface area contributed by atoms with Gasteiger partial charge < -0.3 is 8.83 Å². The van der Waals surface area contributed by atoms with Crippen LogP contribution in [0.3, 0.4) is 0 Å². The van der Waals surface area contributed by atoms with E-state index in [2.05, 4.69) is 156 Å². The van der Waals surface area contributed by atoms with Gasteiger partial charge in [-0.05, 0) is 84.3 Å². The highest BCUT2D eigenvalue weighted by Gasteiger charge is 2.19. The molecule has 0 saturated heterocycles. The predicted octanol–water partition coefficient (Wildman–Crippen LogP) is 12.0. The van der Waals surface area contributed by atoms with Crippen molar-refractivity contribution in [2.75, 3.05) is 0 Å². The maximum absolute atomic E-state index is 5.34. The molecule has 9 aromatic rings. The van der Waals surface area contributed by atoms with E-state index in [0.29, 0.717) is 0 Å². The summed E-state index contributed by atoms with van der Waals surface area (Å²) in [6.45, 7) is 0. The molecule has 0 atom stereocenters. The Bertz CT molecular complexity index is 2530. The second-order valence-corrected chi connectivity index (χ2v) is 11.9. The lowest BCUT2D eigenvalue weighted by Crippen LogP contribution is -1.92. The molecule has 0 spiro atoms. The van der Waals surface area contributed by atoms with Gasteiger partial charge in [-0.2, -0.15) is 0 Å². The number of benzene rings is 7. The van der Waals surface area contributed by atoms with Crippen LogP contribution in [-0.2, 0) is 0 Å². The Morgan fingerprint density at radius 2 is 0.750 bits per heavy atom. The standard InChI is InChI=1S/C44H28N2O2/c1-2-8-29(9-3-1)30-16-18-31(19-17-30)32-20-21-39-40(24-32)44(36-13-7-11-34(23-36)42-26-48-28-46-42)38-15-5-4-14-37(38)43(39)35-12-6-10-33(22-35)41-25-47-27-45-41/h1-28H. The lowest BCUT2D eigenvalue weighted by atomic mass is 9.84. The number of aromatic nitrogens is 2. The van der Waals surface area contributed by atoms with E-state index in [4.69, 9.17) is 8.83 Å². The Morgan fingerprint density at radius 3 is 1.31 bits per heavy atom. The molecular formula is C44H28N2O2. The minimum absolute atomic E-state index is 0.811. The highest BCUT2D eigenvalue weighted by molar-refractivity contribution is 6.22. The van der Waals surface area contributed by atoms with Gasteiger partial charge in [-0.3, -0.25) is 0 Å². The van der Waals surface area contributed by atoms with Crippen LogP contribution < -0.4 is 0 Å². The van der Waals surface area contributed by atoms with Crippen LogP contribution in [-0.4, -0.2) is 9.97 Å². The van der Waals surface area contributed by atoms with E-state index in [1.54, 1.807) is 12.5 Å². The topological polar surface area (TPSA) is 52.1 Å². The summed E-state index contributed by atoms with van der Waals surface area (Å²) in [5, 5.41) is 4.72. The van der Waals surface area contributed by atoms with Crippen molar-refractivity contribution in [1.82, 2.24) is 9.97 Å². The third kappa shape index (κ3) is 4.88. The fourth-order valence-corrected chi connectivity index (χ4v) is 6.84. The summed E-state index contributed by atoms with van der Waals surface area (Å²) >= 11 is 0. The first kappa shape index (κ1) is 27.8. The summed E-state index contributed by atoms with van der Waals surface area (Å²) < 4.78 is 10.7. The molecule has 0 fully saturated rings. The molecule has 2 aromatic heterocycles.